The first-order valence-electron chi connectivity index (χ1n) is 7.54. The van der Waals surface area contributed by atoms with E-state index in [1.54, 1.807) is 12.1 Å². The molecule has 0 aromatic heterocycles. The molecule has 116 valence electrons. The highest BCUT2D eigenvalue weighted by Crippen LogP contribution is 2.18. The van der Waals surface area contributed by atoms with E-state index in [2.05, 4.69) is 23.9 Å². The Morgan fingerprint density at radius 1 is 1.19 bits per heavy atom. The average molecular weight is 308 g/mol. The fourth-order valence-corrected chi connectivity index (χ4v) is 3.60. The van der Waals surface area contributed by atoms with Gasteiger partial charge < -0.3 is 19.8 Å². The van der Waals surface area contributed by atoms with Crippen LogP contribution in [0.25, 0.3) is 0 Å². The standard InChI is InChI=1S/C15H25BN2O2S/c1-17(2)14-7-9-18(10-8-14)11-12-21-15-5-3-13(4-6-15)16(19)20/h3-6,14,19-20H,7-12H2,1-2H3. The van der Waals surface area contributed by atoms with Gasteiger partial charge in [-0.05, 0) is 57.6 Å². The molecule has 1 saturated heterocycles. The molecule has 1 aliphatic heterocycles. The molecule has 0 spiro atoms. The van der Waals surface area contributed by atoms with Crippen molar-refractivity contribution in [1.29, 1.82) is 0 Å². The second-order valence-corrected chi connectivity index (χ2v) is 7.00. The fourth-order valence-electron chi connectivity index (χ4n) is 2.69. The summed E-state index contributed by atoms with van der Waals surface area (Å²) in [5, 5.41) is 18.1. The van der Waals surface area contributed by atoms with Crippen molar-refractivity contribution in [2.75, 3.05) is 39.5 Å². The summed E-state index contributed by atoms with van der Waals surface area (Å²) in [5.41, 5.74) is 0.546. The lowest BCUT2D eigenvalue weighted by molar-refractivity contribution is 0.151. The number of likely N-dealkylation sites (tertiary alicyclic amines) is 1. The zero-order valence-corrected chi connectivity index (χ0v) is 13.7. The lowest BCUT2D eigenvalue weighted by atomic mass is 9.81. The maximum atomic E-state index is 9.06. The number of thioether (sulfide) groups is 1. The highest BCUT2D eigenvalue weighted by Gasteiger charge is 2.20. The second-order valence-electron chi connectivity index (χ2n) is 5.83. The van der Waals surface area contributed by atoms with E-state index in [1.807, 2.05) is 23.9 Å². The maximum absolute atomic E-state index is 9.06. The minimum atomic E-state index is -1.37. The molecule has 0 radical (unpaired) electrons. The van der Waals surface area contributed by atoms with Crippen molar-refractivity contribution < 1.29 is 10.0 Å². The number of hydrogen-bond donors (Lipinski definition) is 2. The molecule has 0 unspecified atom stereocenters. The van der Waals surface area contributed by atoms with Crippen LogP contribution in [0.3, 0.4) is 0 Å². The molecule has 1 aromatic rings. The molecular formula is C15H25BN2O2S. The molecule has 2 N–H and O–H groups in total. The molecule has 6 heteroatoms. The van der Waals surface area contributed by atoms with Gasteiger partial charge in [0, 0.05) is 23.2 Å². The molecule has 2 rings (SSSR count). The summed E-state index contributed by atoms with van der Waals surface area (Å²) in [4.78, 5) is 6.06. The number of piperidine rings is 1. The largest absolute Gasteiger partial charge is 0.488 e. The first-order chi connectivity index (χ1) is 10.1. The fraction of sp³-hybridized carbons (Fsp3) is 0.600. The van der Waals surface area contributed by atoms with E-state index in [0.29, 0.717) is 5.46 Å². The average Bonchev–Trinajstić information content (AvgIpc) is 2.48. The van der Waals surface area contributed by atoms with E-state index in [0.717, 1.165) is 18.3 Å². The van der Waals surface area contributed by atoms with E-state index in [4.69, 9.17) is 10.0 Å². The molecule has 1 fully saturated rings. The lowest BCUT2D eigenvalue weighted by Crippen LogP contribution is -2.42. The molecule has 1 heterocycles. The summed E-state index contributed by atoms with van der Waals surface area (Å²) in [6.07, 6.45) is 2.53. The van der Waals surface area contributed by atoms with Crippen LogP contribution < -0.4 is 5.46 Å². The van der Waals surface area contributed by atoms with Gasteiger partial charge in [0.25, 0.3) is 0 Å². The van der Waals surface area contributed by atoms with Crippen molar-refractivity contribution in [1.82, 2.24) is 9.80 Å². The molecule has 4 nitrogen and oxygen atoms in total. The lowest BCUT2D eigenvalue weighted by Gasteiger charge is -2.35. The Hall–Kier alpha value is -0.525. The van der Waals surface area contributed by atoms with Crippen LogP contribution in [-0.4, -0.2) is 72.5 Å². The van der Waals surface area contributed by atoms with E-state index >= 15 is 0 Å². The zero-order chi connectivity index (χ0) is 15.2. The molecule has 0 saturated carbocycles. The van der Waals surface area contributed by atoms with Gasteiger partial charge in [-0.1, -0.05) is 12.1 Å². The van der Waals surface area contributed by atoms with Crippen molar-refractivity contribution in [3.63, 3.8) is 0 Å². The van der Waals surface area contributed by atoms with E-state index in [1.165, 1.54) is 30.8 Å². The van der Waals surface area contributed by atoms with E-state index in [9.17, 15) is 0 Å². The van der Waals surface area contributed by atoms with Crippen LogP contribution >= 0.6 is 11.8 Å². The Labute approximate surface area is 132 Å². The van der Waals surface area contributed by atoms with Crippen molar-refractivity contribution in [3.8, 4) is 0 Å². The number of hydrogen-bond acceptors (Lipinski definition) is 5. The van der Waals surface area contributed by atoms with E-state index < -0.39 is 7.12 Å². The van der Waals surface area contributed by atoms with Crippen LogP contribution in [0, 0.1) is 0 Å². The summed E-state index contributed by atoms with van der Waals surface area (Å²) in [6.45, 7) is 3.51. The van der Waals surface area contributed by atoms with Crippen LogP contribution in [0.5, 0.6) is 0 Å². The van der Waals surface area contributed by atoms with Crippen LogP contribution in [0.4, 0.5) is 0 Å². The Morgan fingerprint density at radius 2 is 1.81 bits per heavy atom. The van der Waals surface area contributed by atoms with Gasteiger partial charge in [0.05, 0.1) is 0 Å². The third-order valence-electron chi connectivity index (χ3n) is 4.14. The maximum Gasteiger partial charge on any atom is 0.488 e. The minimum Gasteiger partial charge on any atom is -0.423 e. The smallest absolute Gasteiger partial charge is 0.423 e. The normalized spacial score (nSPS) is 17.4. The molecule has 1 aromatic carbocycles. The summed E-state index contributed by atoms with van der Waals surface area (Å²) in [5.74, 6) is 1.08. The van der Waals surface area contributed by atoms with Crippen molar-refractivity contribution in [3.05, 3.63) is 24.3 Å². The van der Waals surface area contributed by atoms with Crippen LogP contribution in [0.2, 0.25) is 0 Å². The van der Waals surface area contributed by atoms with E-state index in [-0.39, 0.29) is 0 Å². The molecule has 21 heavy (non-hydrogen) atoms. The molecule has 1 aliphatic rings. The third-order valence-corrected chi connectivity index (χ3v) is 5.13. The van der Waals surface area contributed by atoms with Crippen molar-refractivity contribution in [2.45, 2.75) is 23.8 Å². The van der Waals surface area contributed by atoms with Gasteiger partial charge in [-0.3, -0.25) is 0 Å². The first-order valence-corrected chi connectivity index (χ1v) is 8.52. The topological polar surface area (TPSA) is 46.9 Å². The van der Waals surface area contributed by atoms with Gasteiger partial charge >= 0.3 is 7.12 Å². The highest BCUT2D eigenvalue weighted by atomic mass is 32.2. The Bertz CT molecular complexity index is 420. The highest BCUT2D eigenvalue weighted by molar-refractivity contribution is 7.99. The predicted molar refractivity (Wildman–Crippen MR) is 90.1 cm³/mol. The van der Waals surface area contributed by atoms with Gasteiger partial charge in [0.15, 0.2) is 0 Å². The molecule has 0 aliphatic carbocycles. The number of nitrogens with zero attached hydrogens (tertiary/aromatic N) is 2. The van der Waals surface area contributed by atoms with Gasteiger partial charge in [-0.15, -0.1) is 11.8 Å². The van der Waals surface area contributed by atoms with Crippen LogP contribution in [-0.2, 0) is 0 Å². The first kappa shape index (κ1) is 16.8. The van der Waals surface area contributed by atoms with Gasteiger partial charge in [-0.2, -0.15) is 0 Å². The Morgan fingerprint density at radius 3 is 2.33 bits per heavy atom. The van der Waals surface area contributed by atoms with Gasteiger partial charge in [-0.25, -0.2) is 0 Å². The molecule has 0 atom stereocenters. The molecular weight excluding hydrogens is 283 g/mol. The van der Waals surface area contributed by atoms with Gasteiger partial charge in [0.2, 0.25) is 0 Å². The summed E-state index contributed by atoms with van der Waals surface area (Å²) in [7, 11) is 2.97. The van der Waals surface area contributed by atoms with Crippen LogP contribution in [0.1, 0.15) is 12.8 Å². The van der Waals surface area contributed by atoms with Gasteiger partial charge in [0.1, 0.15) is 0 Å². The number of benzene rings is 1. The summed E-state index contributed by atoms with van der Waals surface area (Å²) < 4.78 is 0. The third kappa shape index (κ3) is 5.31. The molecule has 0 bridgehead atoms. The summed E-state index contributed by atoms with van der Waals surface area (Å²) >= 11 is 1.83. The van der Waals surface area contributed by atoms with Crippen LogP contribution in [0.15, 0.2) is 29.2 Å². The number of rotatable bonds is 6. The Kier molecular flexibility index (Phi) is 6.57. The van der Waals surface area contributed by atoms with Crippen molar-refractivity contribution >= 4 is 24.3 Å². The second kappa shape index (κ2) is 8.20. The monoisotopic (exact) mass is 308 g/mol. The zero-order valence-electron chi connectivity index (χ0n) is 12.9. The minimum absolute atomic E-state index is 0.546. The quantitative estimate of drug-likeness (QED) is 0.591. The molecule has 0 amide bonds. The SMILES string of the molecule is CN(C)C1CCN(CCSc2ccc(B(O)O)cc2)CC1. The Balaban J connectivity index is 1.68. The van der Waals surface area contributed by atoms with Crippen molar-refractivity contribution in [2.24, 2.45) is 0 Å². The predicted octanol–water partition coefficient (Wildman–Crippen LogP) is 0.485. The summed E-state index contributed by atoms with van der Waals surface area (Å²) in [6, 6.07) is 8.20.